The van der Waals surface area contributed by atoms with Crippen LogP contribution in [0.5, 0.6) is 5.75 Å². The van der Waals surface area contributed by atoms with Gasteiger partial charge in [-0.05, 0) is 62.4 Å². The van der Waals surface area contributed by atoms with Crippen LogP contribution in [-0.4, -0.2) is 31.6 Å². The molecule has 0 aromatic heterocycles. The molecule has 1 saturated heterocycles. The third-order valence-electron chi connectivity index (χ3n) is 3.97. The van der Waals surface area contributed by atoms with Gasteiger partial charge in [0.2, 0.25) is 0 Å². The molecule has 0 spiro atoms. The molecule has 0 radical (unpaired) electrons. The van der Waals surface area contributed by atoms with Crippen molar-refractivity contribution in [1.29, 1.82) is 0 Å². The van der Waals surface area contributed by atoms with Crippen LogP contribution in [0.25, 0.3) is 0 Å². The lowest BCUT2D eigenvalue weighted by molar-refractivity contribution is 0.0950. The summed E-state index contributed by atoms with van der Waals surface area (Å²) in [5, 5.41) is 6.35. The van der Waals surface area contributed by atoms with Gasteiger partial charge in [-0.2, -0.15) is 0 Å². The number of benzene rings is 1. The number of ether oxygens (including phenoxy) is 1. The highest BCUT2D eigenvalue weighted by molar-refractivity contribution is 5.94. The van der Waals surface area contributed by atoms with Gasteiger partial charge in [0.25, 0.3) is 5.91 Å². The molecule has 1 saturated carbocycles. The molecular weight excluding hydrogens is 252 g/mol. The molecule has 1 unspecified atom stereocenters. The largest absolute Gasteiger partial charge is 0.493 e. The Morgan fingerprint density at radius 2 is 2.05 bits per heavy atom. The normalized spacial score (nSPS) is 21.7. The van der Waals surface area contributed by atoms with E-state index in [1.54, 1.807) is 0 Å². The van der Waals surface area contributed by atoms with Gasteiger partial charge < -0.3 is 15.4 Å². The van der Waals surface area contributed by atoms with Crippen molar-refractivity contribution in [1.82, 2.24) is 10.6 Å². The van der Waals surface area contributed by atoms with Crippen LogP contribution >= 0.6 is 0 Å². The number of nitrogens with one attached hydrogen (secondary N) is 2. The third kappa shape index (κ3) is 3.73. The Hall–Kier alpha value is -1.55. The zero-order chi connectivity index (χ0) is 13.8. The quantitative estimate of drug-likeness (QED) is 0.833. The van der Waals surface area contributed by atoms with Gasteiger partial charge in [-0.1, -0.05) is 0 Å². The summed E-state index contributed by atoms with van der Waals surface area (Å²) >= 11 is 0. The maximum atomic E-state index is 12.0. The average Bonchev–Trinajstić information content (AvgIpc) is 3.17. The lowest BCUT2D eigenvalue weighted by Gasteiger charge is -2.11. The summed E-state index contributed by atoms with van der Waals surface area (Å²) in [5.74, 6) is 1.59. The van der Waals surface area contributed by atoms with Crippen LogP contribution in [0.1, 0.15) is 36.0 Å². The number of carbonyl (C=O) groups is 1. The molecule has 1 aromatic rings. The summed E-state index contributed by atoms with van der Waals surface area (Å²) in [6.07, 6.45) is 4.92. The Bertz CT molecular complexity index is 448. The fraction of sp³-hybridized carbons (Fsp3) is 0.562. The second-order valence-corrected chi connectivity index (χ2v) is 5.78. The van der Waals surface area contributed by atoms with Crippen molar-refractivity contribution in [2.45, 2.75) is 31.7 Å². The Morgan fingerprint density at radius 1 is 1.25 bits per heavy atom. The summed E-state index contributed by atoms with van der Waals surface area (Å²) < 4.78 is 5.66. The third-order valence-corrected chi connectivity index (χ3v) is 3.97. The highest BCUT2D eigenvalue weighted by atomic mass is 16.5. The van der Waals surface area contributed by atoms with Crippen molar-refractivity contribution in [3.8, 4) is 5.75 Å². The number of amides is 1. The summed E-state index contributed by atoms with van der Waals surface area (Å²) in [5.41, 5.74) is 0.696. The lowest BCUT2D eigenvalue weighted by atomic mass is 10.2. The molecule has 4 nitrogen and oxygen atoms in total. The van der Waals surface area contributed by atoms with E-state index in [9.17, 15) is 4.79 Å². The van der Waals surface area contributed by atoms with E-state index in [1.807, 2.05) is 24.3 Å². The molecule has 2 N–H and O–H groups in total. The average molecular weight is 274 g/mol. The summed E-state index contributed by atoms with van der Waals surface area (Å²) in [4.78, 5) is 12.0. The highest BCUT2D eigenvalue weighted by Gasteiger charge is 2.21. The number of hydrogen-bond acceptors (Lipinski definition) is 3. The predicted molar refractivity (Wildman–Crippen MR) is 78.0 cm³/mol. The molecule has 2 fully saturated rings. The summed E-state index contributed by atoms with van der Waals surface area (Å²) in [7, 11) is 0. The van der Waals surface area contributed by atoms with E-state index in [0.29, 0.717) is 18.2 Å². The van der Waals surface area contributed by atoms with Crippen LogP contribution in [0.4, 0.5) is 0 Å². The van der Waals surface area contributed by atoms with Gasteiger partial charge in [-0.25, -0.2) is 0 Å². The van der Waals surface area contributed by atoms with Crippen LogP contribution in [-0.2, 0) is 0 Å². The van der Waals surface area contributed by atoms with Crippen LogP contribution < -0.4 is 15.4 Å². The molecule has 1 aliphatic carbocycles. The van der Waals surface area contributed by atoms with Gasteiger partial charge >= 0.3 is 0 Å². The lowest BCUT2D eigenvalue weighted by Crippen LogP contribution is -2.37. The Balaban J connectivity index is 1.46. The van der Waals surface area contributed by atoms with Crippen molar-refractivity contribution in [3.63, 3.8) is 0 Å². The van der Waals surface area contributed by atoms with Gasteiger partial charge in [-0.3, -0.25) is 4.79 Å². The molecule has 4 heteroatoms. The zero-order valence-corrected chi connectivity index (χ0v) is 11.7. The predicted octanol–water partition coefficient (Wildman–Crippen LogP) is 1.96. The summed E-state index contributed by atoms with van der Waals surface area (Å²) in [6.45, 7) is 2.57. The zero-order valence-electron chi connectivity index (χ0n) is 11.7. The van der Waals surface area contributed by atoms with Crippen LogP contribution in [0, 0.1) is 5.92 Å². The van der Waals surface area contributed by atoms with Crippen molar-refractivity contribution in [2.24, 2.45) is 5.92 Å². The number of rotatable bonds is 6. The van der Waals surface area contributed by atoms with Crippen molar-refractivity contribution in [2.75, 3.05) is 19.7 Å². The van der Waals surface area contributed by atoms with Crippen LogP contribution in [0.2, 0.25) is 0 Å². The van der Waals surface area contributed by atoms with Crippen molar-refractivity contribution < 1.29 is 9.53 Å². The maximum absolute atomic E-state index is 12.0. The van der Waals surface area contributed by atoms with E-state index in [4.69, 9.17) is 4.74 Å². The van der Waals surface area contributed by atoms with E-state index >= 15 is 0 Å². The fourth-order valence-corrected chi connectivity index (χ4v) is 2.45. The molecule has 1 amide bonds. The van der Waals surface area contributed by atoms with Crippen LogP contribution in [0.15, 0.2) is 24.3 Å². The smallest absolute Gasteiger partial charge is 0.251 e. The van der Waals surface area contributed by atoms with Crippen LogP contribution in [0.3, 0.4) is 0 Å². The molecule has 108 valence electrons. The number of carbonyl (C=O) groups excluding carboxylic acids is 1. The molecule has 20 heavy (non-hydrogen) atoms. The van der Waals surface area contributed by atoms with Crippen molar-refractivity contribution in [3.05, 3.63) is 29.8 Å². The molecule has 1 aliphatic heterocycles. The maximum Gasteiger partial charge on any atom is 0.251 e. The van der Waals surface area contributed by atoms with Gasteiger partial charge in [0.05, 0.1) is 6.61 Å². The van der Waals surface area contributed by atoms with Gasteiger partial charge in [-0.15, -0.1) is 0 Å². The fourth-order valence-electron chi connectivity index (χ4n) is 2.45. The standard InChI is InChI=1S/C16H22N2O2/c19-16(18-10-14-2-1-9-17-14)13-5-7-15(8-6-13)20-11-12-3-4-12/h5-8,12,14,17H,1-4,9-11H2,(H,18,19). The SMILES string of the molecule is O=C(NCC1CCCN1)c1ccc(OCC2CC2)cc1. The first kappa shape index (κ1) is 13.4. The molecule has 1 heterocycles. The Labute approximate surface area is 119 Å². The first-order chi connectivity index (χ1) is 9.81. The summed E-state index contributed by atoms with van der Waals surface area (Å²) in [6, 6.07) is 7.86. The molecule has 1 aromatic carbocycles. The van der Waals surface area contributed by atoms with Gasteiger partial charge in [0.1, 0.15) is 5.75 Å². The topological polar surface area (TPSA) is 50.4 Å². The minimum atomic E-state index is -0.00700. The first-order valence-electron chi connectivity index (χ1n) is 7.56. The Morgan fingerprint density at radius 3 is 2.70 bits per heavy atom. The first-order valence-corrected chi connectivity index (χ1v) is 7.56. The second kappa shape index (κ2) is 6.27. The van der Waals surface area contributed by atoms with E-state index in [0.717, 1.165) is 31.2 Å². The number of hydrogen-bond donors (Lipinski definition) is 2. The Kier molecular flexibility index (Phi) is 4.21. The van der Waals surface area contributed by atoms with Gasteiger partial charge in [0, 0.05) is 18.2 Å². The molecule has 3 rings (SSSR count). The van der Waals surface area contributed by atoms with E-state index in [-0.39, 0.29) is 5.91 Å². The van der Waals surface area contributed by atoms with E-state index in [1.165, 1.54) is 19.3 Å². The second-order valence-electron chi connectivity index (χ2n) is 5.78. The van der Waals surface area contributed by atoms with Gasteiger partial charge in [0.15, 0.2) is 0 Å². The molecule has 1 atom stereocenters. The monoisotopic (exact) mass is 274 g/mol. The molecular formula is C16H22N2O2. The van der Waals surface area contributed by atoms with E-state index < -0.39 is 0 Å². The molecule has 0 bridgehead atoms. The highest BCUT2D eigenvalue weighted by Crippen LogP contribution is 2.29. The molecule has 2 aliphatic rings. The minimum absolute atomic E-state index is 0.00700. The van der Waals surface area contributed by atoms with Crippen molar-refractivity contribution >= 4 is 5.91 Å². The minimum Gasteiger partial charge on any atom is -0.493 e. The van der Waals surface area contributed by atoms with E-state index in [2.05, 4.69) is 10.6 Å².